The largest absolute Gasteiger partial charge is 0.449 e. The molecule has 8 heteroatoms. The van der Waals surface area contributed by atoms with Crippen molar-refractivity contribution in [1.82, 2.24) is 9.80 Å². The number of anilines is 1. The van der Waals surface area contributed by atoms with Gasteiger partial charge in [-0.3, -0.25) is 4.79 Å². The van der Waals surface area contributed by atoms with Gasteiger partial charge in [-0.25, -0.2) is 4.79 Å². The van der Waals surface area contributed by atoms with Gasteiger partial charge in [0.2, 0.25) is 0 Å². The molecule has 4 rings (SSSR count). The first kappa shape index (κ1) is 20.6. The number of carbonyl (C=O) groups is 2. The fourth-order valence-electron chi connectivity index (χ4n) is 3.62. The number of nitrogens with zero attached hydrogens (tertiary/aromatic N) is 2. The van der Waals surface area contributed by atoms with Crippen molar-refractivity contribution in [2.24, 2.45) is 0 Å². The number of amides is 3. The molecule has 1 aromatic heterocycles. The van der Waals surface area contributed by atoms with Gasteiger partial charge in [0, 0.05) is 47.8 Å². The monoisotopic (exact) mass is 445 g/mol. The molecule has 1 fully saturated rings. The van der Waals surface area contributed by atoms with Gasteiger partial charge in [-0.05, 0) is 43.7 Å². The zero-order valence-corrected chi connectivity index (χ0v) is 18.0. The van der Waals surface area contributed by atoms with Crippen LogP contribution in [0.25, 0.3) is 11.0 Å². The Kier molecular flexibility index (Phi) is 5.88. The van der Waals surface area contributed by atoms with Crippen molar-refractivity contribution in [2.75, 3.05) is 31.5 Å². The minimum atomic E-state index is -0.196. The maximum atomic E-state index is 13.1. The molecule has 0 saturated carbocycles. The van der Waals surface area contributed by atoms with E-state index in [1.165, 1.54) is 0 Å². The van der Waals surface area contributed by atoms with Crippen molar-refractivity contribution >= 4 is 51.8 Å². The summed E-state index contributed by atoms with van der Waals surface area (Å²) >= 11 is 12.1. The maximum absolute atomic E-state index is 13.1. The normalized spacial score (nSPS) is 14.6. The molecule has 0 bridgehead atoms. The van der Waals surface area contributed by atoms with Crippen molar-refractivity contribution in [2.45, 2.75) is 13.3 Å². The summed E-state index contributed by atoms with van der Waals surface area (Å²) in [5.41, 5.74) is 1.98. The highest BCUT2D eigenvalue weighted by Gasteiger charge is 2.27. The van der Waals surface area contributed by atoms with Gasteiger partial charge in [-0.1, -0.05) is 35.3 Å². The molecule has 1 aliphatic rings. The smallest absolute Gasteiger partial charge is 0.321 e. The number of nitrogens with one attached hydrogen (secondary N) is 1. The number of rotatable bonds is 2. The van der Waals surface area contributed by atoms with Crippen LogP contribution in [-0.2, 0) is 0 Å². The molecule has 2 aromatic carbocycles. The van der Waals surface area contributed by atoms with Crippen LogP contribution in [0.2, 0.25) is 10.0 Å². The Hall–Kier alpha value is -2.70. The summed E-state index contributed by atoms with van der Waals surface area (Å²) < 4.78 is 5.82. The Labute approximate surface area is 184 Å². The topological polar surface area (TPSA) is 65.8 Å². The average Bonchev–Trinajstić information content (AvgIpc) is 2.91. The molecular weight excluding hydrogens is 425 g/mol. The van der Waals surface area contributed by atoms with Gasteiger partial charge in [0.1, 0.15) is 0 Å². The first-order valence-electron chi connectivity index (χ1n) is 9.72. The first-order chi connectivity index (χ1) is 14.4. The quantitative estimate of drug-likeness (QED) is 0.571. The van der Waals surface area contributed by atoms with E-state index >= 15 is 0 Å². The molecule has 156 valence electrons. The lowest BCUT2D eigenvalue weighted by molar-refractivity contribution is 0.0732. The number of aryl methyl sites for hydroxylation is 1. The minimum Gasteiger partial charge on any atom is -0.449 e. The molecule has 6 nitrogen and oxygen atoms in total. The van der Waals surface area contributed by atoms with E-state index < -0.39 is 0 Å². The van der Waals surface area contributed by atoms with Gasteiger partial charge < -0.3 is 19.5 Å². The lowest BCUT2D eigenvalue weighted by Gasteiger charge is -2.22. The number of halogens is 2. The minimum absolute atomic E-state index is 0.181. The highest BCUT2D eigenvalue weighted by Crippen LogP contribution is 2.31. The SMILES string of the molecule is Cc1c(C(=O)N2CCCN(C(=O)Nc3ccc(Cl)cc3)CC2)oc2c(Cl)cccc12. The zero-order chi connectivity index (χ0) is 21.3. The number of furan rings is 1. The third kappa shape index (κ3) is 4.11. The summed E-state index contributed by atoms with van der Waals surface area (Å²) in [5, 5.41) is 4.80. The van der Waals surface area contributed by atoms with E-state index in [1.807, 2.05) is 19.1 Å². The second-order valence-corrected chi connectivity index (χ2v) is 8.09. The summed E-state index contributed by atoms with van der Waals surface area (Å²) in [4.78, 5) is 29.2. The summed E-state index contributed by atoms with van der Waals surface area (Å²) in [6.07, 6.45) is 0.680. The predicted octanol–water partition coefficient (Wildman–Crippen LogP) is 5.43. The number of para-hydroxylation sites is 1. The Morgan fingerprint density at radius 1 is 0.967 bits per heavy atom. The van der Waals surface area contributed by atoms with Gasteiger partial charge in [0.05, 0.1) is 5.02 Å². The molecule has 30 heavy (non-hydrogen) atoms. The molecule has 0 spiro atoms. The number of hydrogen-bond donors (Lipinski definition) is 1. The van der Waals surface area contributed by atoms with Gasteiger partial charge in [-0.2, -0.15) is 0 Å². The van der Waals surface area contributed by atoms with Crippen LogP contribution in [0, 0.1) is 6.92 Å². The van der Waals surface area contributed by atoms with Crippen LogP contribution in [0.1, 0.15) is 22.5 Å². The zero-order valence-electron chi connectivity index (χ0n) is 16.5. The van der Waals surface area contributed by atoms with Crippen LogP contribution in [-0.4, -0.2) is 47.9 Å². The summed E-state index contributed by atoms with van der Waals surface area (Å²) in [6.45, 7) is 3.84. The third-order valence-corrected chi connectivity index (χ3v) is 5.83. The van der Waals surface area contributed by atoms with Crippen LogP contribution in [0.4, 0.5) is 10.5 Å². The Balaban J connectivity index is 1.44. The van der Waals surface area contributed by atoms with Gasteiger partial charge in [0.25, 0.3) is 5.91 Å². The number of hydrogen-bond acceptors (Lipinski definition) is 3. The molecule has 2 heterocycles. The van der Waals surface area contributed by atoms with Crippen LogP contribution in [0.15, 0.2) is 46.9 Å². The average molecular weight is 446 g/mol. The highest BCUT2D eigenvalue weighted by atomic mass is 35.5. The van der Waals surface area contributed by atoms with Gasteiger partial charge >= 0.3 is 6.03 Å². The van der Waals surface area contributed by atoms with E-state index in [0.29, 0.717) is 59.7 Å². The first-order valence-corrected chi connectivity index (χ1v) is 10.5. The molecule has 3 aromatic rings. The van der Waals surface area contributed by atoms with Crippen molar-refractivity contribution in [3.05, 3.63) is 63.8 Å². The van der Waals surface area contributed by atoms with Crippen molar-refractivity contribution in [3.8, 4) is 0 Å². The fraction of sp³-hybridized carbons (Fsp3) is 0.273. The number of urea groups is 1. The summed E-state index contributed by atoms with van der Waals surface area (Å²) in [7, 11) is 0. The molecule has 1 saturated heterocycles. The lowest BCUT2D eigenvalue weighted by atomic mass is 10.1. The van der Waals surface area contributed by atoms with E-state index in [4.69, 9.17) is 27.6 Å². The molecule has 0 aliphatic carbocycles. The fourth-order valence-corrected chi connectivity index (χ4v) is 3.95. The van der Waals surface area contributed by atoms with Crippen LogP contribution in [0.5, 0.6) is 0 Å². The van der Waals surface area contributed by atoms with Crippen molar-refractivity contribution in [3.63, 3.8) is 0 Å². The van der Waals surface area contributed by atoms with Crippen molar-refractivity contribution in [1.29, 1.82) is 0 Å². The molecule has 0 radical (unpaired) electrons. The summed E-state index contributed by atoms with van der Waals surface area (Å²) in [6, 6.07) is 12.2. The molecule has 1 aliphatic heterocycles. The molecule has 0 unspecified atom stereocenters. The number of carbonyl (C=O) groups excluding carboxylic acids is 2. The van der Waals surface area contributed by atoms with Crippen LogP contribution < -0.4 is 5.32 Å². The second kappa shape index (κ2) is 8.58. The Morgan fingerprint density at radius 2 is 1.67 bits per heavy atom. The Morgan fingerprint density at radius 3 is 2.40 bits per heavy atom. The van der Waals surface area contributed by atoms with Gasteiger partial charge in [0.15, 0.2) is 11.3 Å². The Bertz CT molecular complexity index is 1090. The summed E-state index contributed by atoms with van der Waals surface area (Å²) in [5.74, 6) is 0.122. The third-order valence-electron chi connectivity index (χ3n) is 5.28. The number of fused-ring (bicyclic) bond motifs is 1. The highest BCUT2D eigenvalue weighted by molar-refractivity contribution is 6.35. The molecule has 3 amide bonds. The van der Waals surface area contributed by atoms with E-state index in [0.717, 1.165) is 10.9 Å². The standard InChI is InChI=1S/C22H21Cl2N3O3/c1-14-17-4-2-5-18(24)20(17)30-19(14)21(28)26-10-3-11-27(13-12-26)22(29)25-16-8-6-15(23)7-9-16/h2,4-9H,3,10-13H2,1H3,(H,25,29). The van der Waals surface area contributed by atoms with E-state index in [2.05, 4.69) is 5.32 Å². The predicted molar refractivity (Wildman–Crippen MR) is 119 cm³/mol. The van der Waals surface area contributed by atoms with E-state index in [-0.39, 0.29) is 11.9 Å². The van der Waals surface area contributed by atoms with Crippen molar-refractivity contribution < 1.29 is 14.0 Å². The molecular formula is C22H21Cl2N3O3. The maximum Gasteiger partial charge on any atom is 0.321 e. The molecule has 1 N–H and O–H groups in total. The van der Waals surface area contributed by atoms with Crippen LogP contribution in [0.3, 0.4) is 0 Å². The van der Waals surface area contributed by atoms with Crippen LogP contribution >= 0.6 is 23.2 Å². The second-order valence-electron chi connectivity index (χ2n) is 7.24. The molecule has 0 atom stereocenters. The van der Waals surface area contributed by atoms with E-state index in [9.17, 15) is 9.59 Å². The number of benzene rings is 2. The van der Waals surface area contributed by atoms with Gasteiger partial charge in [-0.15, -0.1) is 0 Å². The lowest BCUT2D eigenvalue weighted by Crippen LogP contribution is -2.39. The van der Waals surface area contributed by atoms with E-state index in [1.54, 1.807) is 40.1 Å².